The van der Waals surface area contributed by atoms with Crippen LogP contribution in [-0.4, -0.2) is 21.7 Å². The van der Waals surface area contributed by atoms with E-state index in [2.05, 4.69) is 35.6 Å². The van der Waals surface area contributed by atoms with Gasteiger partial charge in [0.25, 0.3) is 0 Å². The Morgan fingerprint density at radius 2 is 1.73 bits per heavy atom. The maximum atomic E-state index is 11.9. The van der Waals surface area contributed by atoms with Crippen LogP contribution in [0.25, 0.3) is 16.9 Å². The Labute approximate surface area is 153 Å². The van der Waals surface area contributed by atoms with Gasteiger partial charge in [0.05, 0.1) is 11.4 Å². The minimum atomic E-state index is 0.168. The largest absolute Gasteiger partial charge is 0.353 e. The Morgan fingerprint density at radius 3 is 2.50 bits per heavy atom. The molecule has 0 radical (unpaired) electrons. The summed E-state index contributed by atoms with van der Waals surface area (Å²) in [6, 6.07) is 22.7. The predicted octanol–water partition coefficient (Wildman–Crippen LogP) is 4.14. The summed E-state index contributed by atoms with van der Waals surface area (Å²) in [5, 5.41) is 8.04. The fourth-order valence-corrected chi connectivity index (χ4v) is 3.56. The van der Waals surface area contributed by atoms with Crippen LogP contribution in [0.4, 0.5) is 0 Å². The fourth-order valence-electron chi connectivity index (χ4n) is 3.56. The van der Waals surface area contributed by atoms with E-state index in [-0.39, 0.29) is 11.9 Å². The van der Waals surface area contributed by atoms with Gasteiger partial charge in [-0.3, -0.25) is 4.79 Å². The van der Waals surface area contributed by atoms with E-state index in [0.717, 1.165) is 48.3 Å². The monoisotopic (exact) mass is 345 g/mol. The summed E-state index contributed by atoms with van der Waals surface area (Å²) in [7, 11) is 0. The number of hydrogen-bond donors (Lipinski definition) is 1. The number of carbonyl (C=O) groups is 1. The van der Waals surface area contributed by atoms with Crippen LogP contribution in [0.15, 0.2) is 66.7 Å². The molecule has 2 aromatic carbocycles. The third kappa shape index (κ3) is 3.69. The molecular formula is C22H23N3O. The second kappa shape index (κ2) is 7.56. The van der Waals surface area contributed by atoms with E-state index in [1.165, 1.54) is 0 Å². The molecule has 1 saturated heterocycles. The SMILES string of the molecule is O=C1CCCCC(Cc2cc(-c3ccccc3)nn2-c2ccccc2)N1. The first-order valence-electron chi connectivity index (χ1n) is 9.29. The van der Waals surface area contributed by atoms with Crippen molar-refractivity contribution in [3.8, 4) is 16.9 Å². The summed E-state index contributed by atoms with van der Waals surface area (Å²) in [5.74, 6) is 0.168. The van der Waals surface area contributed by atoms with Crippen molar-refractivity contribution in [2.45, 2.75) is 38.1 Å². The minimum absolute atomic E-state index is 0.168. The number of para-hydroxylation sites is 1. The van der Waals surface area contributed by atoms with Gasteiger partial charge in [-0.1, -0.05) is 55.0 Å². The highest BCUT2D eigenvalue weighted by atomic mass is 16.1. The molecule has 1 aliphatic heterocycles. The number of aromatic nitrogens is 2. The zero-order valence-electron chi connectivity index (χ0n) is 14.8. The zero-order chi connectivity index (χ0) is 17.8. The van der Waals surface area contributed by atoms with Gasteiger partial charge in [-0.2, -0.15) is 5.10 Å². The zero-order valence-corrected chi connectivity index (χ0v) is 14.8. The van der Waals surface area contributed by atoms with Crippen LogP contribution in [-0.2, 0) is 11.2 Å². The molecule has 2 heterocycles. The van der Waals surface area contributed by atoms with Gasteiger partial charge in [-0.05, 0) is 31.0 Å². The van der Waals surface area contributed by atoms with Crippen LogP contribution >= 0.6 is 0 Å². The van der Waals surface area contributed by atoms with Crippen molar-refractivity contribution < 1.29 is 4.79 Å². The third-order valence-electron chi connectivity index (χ3n) is 4.88. The quantitative estimate of drug-likeness (QED) is 0.772. The van der Waals surface area contributed by atoms with Gasteiger partial charge in [0, 0.05) is 30.1 Å². The molecule has 26 heavy (non-hydrogen) atoms. The van der Waals surface area contributed by atoms with Gasteiger partial charge in [-0.25, -0.2) is 4.68 Å². The number of amides is 1. The van der Waals surface area contributed by atoms with E-state index < -0.39 is 0 Å². The van der Waals surface area contributed by atoms with Gasteiger partial charge >= 0.3 is 0 Å². The fraction of sp³-hybridized carbons (Fsp3) is 0.273. The van der Waals surface area contributed by atoms with Gasteiger partial charge in [-0.15, -0.1) is 0 Å². The van der Waals surface area contributed by atoms with Crippen LogP contribution in [0.3, 0.4) is 0 Å². The van der Waals surface area contributed by atoms with Crippen LogP contribution < -0.4 is 5.32 Å². The minimum Gasteiger partial charge on any atom is -0.353 e. The third-order valence-corrected chi connectivity index (χ3v) is 4.88. The molecule has 0 saturated carbocycles. The number of nitrogens with zero attached hydrogens (tertiary/aromatic N) is 2. The number of hydrogen-bond acceptors (Lipinski definition) is 2. The molecule has 1 amide bonds. The molecular weight excluding hydrogens is 322 g/mol. The van der Waals surface area contributed by atoms with E-state index in [4.69, 9.17) is 5.10 Å². The van der Waals surface area contributed by atoms with Gasteiger partial charge in [0.15, 0.2) is 0 Å². The van der Waals surface area contributed by atoms with Gasteiger partial charge in [0.1, 0.15) is 0 Å². The second-order valence-electron chi connectivity index (χ2n) is 6.85. The topological polar surface area (TPSA) is 46.9 Å². The highest BCUT2D eigenvalue weighted by Crippen LogP contribution is 2.23. The van der Waals surface area contributed by atoms with E-state index in [1.54, 1.807) is 0 Å². The lowest BCUT2D eigenvalue weighted by molar-refractivity contribution is -0.121. The lowest BCUT2D eigenvalue weighted by atomic mass is 10.0. The Morgan fingerprint density at radius 1 is 1.00 bits per heavy atom. The van der Waals surface area contributed by atoms with Gasteiger partial charge < -0.3 is 5.32 Å². The average Bonchev–Trinajstić information content (AvgIpc) is 2.99. The van der Waals surface area contributed by atoms with Crippen molar-refractivity contribution in [1.82, 2.24) is 15.1 Å². The molecule has 4 nitrogen and oxygen atoms in total. The van der Waals surface area contributed by atoms with Crippen LogP contribution in [0.2, 0.25) is 0 Å². The Balaban J connectivity index is 1.69. The highest BCUT2D eigenvalue weighted by Gasteiger charge is 2.20. The maximum Gasteiger partial charge on any atom is 0.220 e. The maximum absolute atomic E-state index is 11.9. The van der Waals surface area contributed by atoms with Crippen molar-refractivity contribution in [2.24, 2.45) is 0 Å². The van der Waals surface area contributed by atoms with E-state index >= 15 is 0 Å². The number of carbonyl (C=O) groups excluding carboxylic acids is 1. The first-order chi connectivity index (χ1) is 12.8. The molecule has 3 aromatic rings. The average molecular weight is 345 g/mol. The molecule has 4 heteroatoms. The molecule has 1 fully saturated rings. The molecule has 1 aromatic heterocycles. The van der Waals surface area contributed by atoms with E-state index in [9.17, 15) is 4.79 Å². The summed E-state index contributed by atoms with van der Waals surface area (Å²) < 4.78 is 2.01. The van der Waals surface area contributed by atoms with Crippen molar-refractivity contribution >= 4 is 5.91 Å². The highest BCUT2D eigenvalue weighted by molar-refractivity contribution is 5.76. The summed E-state index contributed by atoms with van der Waals surface area (Å²) in [6.07, 6.45) is 4.53. The molecule has 0 spiro atoms. The molecule has 1 unspecified atom stereocenters. The first-order valence-corrected chi connectivity index (χ1v) is 9.29. The normalized spacial score (nSPS) is 17.5. The van der Waals surface area contributed by atoms with Crippen molar-refractivity contribution in [2.75, 3.05) is 0 Å². The number of nitrogens with one attached hydrogen (secondary N) is 1. The lowest BCUT2D eigenvalue weighted by Gasteiger charge is -2.16. The lowest BCUT2D eigenvalue weighted by Crippen LogP contribution is -2.34. The second-order valence-corrected chi connectivity index (χ2v) is 6.85. The first kappa shape index (κ1) is 16.6. The molecule has 1 aliphatic rings. The smallest absolute Gasteiger partial charge is 0.220 e. The van der Waals surface area contributed by atoms with E-state index in [0.29, 0.717) is 6.42 Å². The van der Waals surface area contributed by atoms with Gasteiger partial charge in [0.2, 0.25) is 5.91 Å². The van der Waals surface area contributed by atoms with E-state index in [1.807, 2.05) is 41.1 Å². The molecule has 0 bridgehead atoms. The van der Waals surface area contributed by atoms with Crippen molar-refractivity contribution in [3.63, 3.8) is 0 Å². The summed E-state index contributed by atoms with van der Waals surface area (Å²) in [6.45, 7) is 0. The number of benzene rings is 2. The standard InChI is InChI=1S/C22H23N3O/c26-22-14-8-7-11-18(23-22)15-20-16-21(17-9-3-1-4-10-17)24-25(20)19-12-5-2-6-13-19/h1-6,9-10,12-13,16,18H,7-8,11,14-15H2,(H,23,26). The molecule has 4 rings (SSSR count). The molecule has 132 valence electrons. The van der Waals surface area contributed by atoms with Crippen LogP contribution in [0, 0.1) is 0 Å². The van der Waals surface area contributed by atoms with Crippen LogP contribution in [0.1, 0.15) is 31.4 Å². The molecule has 1 atom stereocenters. The molecule has 0 aliphatic carbocycles. The predicted molar refractivity (Wildman–Crippen MR) is 103 cm³/mol. The summed E-state index contributed by atoms with van der Waals surface area (Å²) >= 11 is 0. The Kier molecular flexibility index (Phi) is 4.82. The van der Waals surface area contributed by atoms with Crippen LogP contribution in [0.5, 0.6) is 0 Å². The van der Waals surface area contributed by atoms with Crippen molar-refractivity contribution in [3.05, 3.63) is 72.4 Å². The Bertz CT molecular complexity index is 871. The summed E-state index contributed by atoms with van der Waals surface area (Å²) in [4.78, 5) is 11.9. The number of rotatable bonds is 4. The summed E-state index contributed by atoms with van der Waals surface area (Å²) in [5.41, 5.74) is 4.24. The van der Waals surface area contributed by atoms with Crippen molar-refractivity contribution in [1.29, 1.82) is 0 Å². The Hall–Kier alpha value is -2.88. The molecule has 1 N–H and O–H groups in total.